The van der Waals surface area contributed by atoms with Crippen LogP contribution >= 0.6 is 0 Å². The molecule has 1 saturated carbocycles. The van der Waals surface area contributed by atoms with Crippen LogP contribution in [0.1, 0.15) is 24.1 Å². The standard InChI is InChI=1S/C27H23N3O3/c1-18-24(19-8-4-2-5-9-19)25(30(29-18)21-10-6-3-7-11-21)28-26(31)27(14-15-27)20-12-13-22-23(16-20)33-17-32-22/h2-13,16H,14-15,17H2,1H3,(H,28,31). The molecule has 164 valence electrons. The molecule has 4 aromatic rings. The van der Waals surface area contributed by atoms with Crippen LogP contribution < -0.4 is 14.8 Å². The molecule has 33 heavy (non-hydrogen) atoms. The van der Waals surface area contributed by atoms with E-state index in [1.807, 2.05) is 90.5 Å². The molecule has 6 heteroatoms. The number of rotatable bonds is 5. The molecule has 6 rings (SSSR count). The number of nitrogens with zero attached hydrogens (tertiary/aromatic N) is 2. The number of hydrogen-bond donors (Lipinski definition) is 1. The van der Waals surface area contributed by atoms with Crippen LogP contribution in [0.4, 0.5) is 5.82 Å². The minimum absolute atomic E-state index is 0.0318. The van der Waals surface area contributed by atoms with Crippen molar-refractivity contribution in [2.24, 2.45) is 0 Å². The highest BCUT2D eigenvalue weighted by atomic mass is 16.7. The number of aromatic nitrogens is 2. The molecule has 3 aromatic carbocycles. The fraction of sp³-hybridized carbons (Fsp3) is 0.185. The van der Waals surface area contributed by atoms with Gasteiger partial charge in [-0.05, 0) is 55.2 Å². The first kappa shape index (κ1) is 19.6. The first-order chi connectivity index (χ1) is 16.2. The number of anilines is 1. The van der Waals surface area contributed by atoms with Crippen molar-refractivity contribution < 1.29 is 14.3 Å². The van der Waals surface area contributed by atoms with E-state index in [9.17, 15) is 4.79 Å². The van der Waals surface area contributed by atoms with Gasteiger partial charge in [0.25, 0.3) is 0 Å². The van der Waals surface area contributed by atoms with E-state index in [2.05, 4.69) is 5.32 Å². The van der Waals surface area contributed by atoms with Gasteiger partial charge in [-0.25, -0.2) is 4.68 Å². The quantitative estimate of drug-likeness (QED) is 0.463. The minimum Gasteiger partial charge on any atom is -0.454 e. The summed E-state index contributed by atoms with van der Waals surface area (Å²) < 4.78 is 12.8. The van der Waals surface area contributed by atoms with Crippen molar-refractivity contribution in [1.29, 1.82) is 0 Å². The monoisotopic (exact) mass is 437 g/mol. The van der Waals surface area contributed by atoms with Gasteiger partial charge in [-0.15, -0.1) is 0 Å². The Bertz CT molecular complexity index is 1340. The highest BCUT2D eigenvalue weighted by molar-refractivity contribution is 6.03. The maximum Gasteiger partial charge on any atom is 0.236 e. The van der Waals surface area contributed by atoms with Gasteiger partial charge in [0.1, 0.15) is 5.82 Å². The average Bonchev–Trinajstić information content (AvgIpc) is 3.42. The zero-order valence-corrected chi connectivity index (χ0v) is 18.2. The number of amides is 1. The lowest BCUT2D eigenvalue weighted by Crippen LogP contribution is -2.29. The third-order valence-electron chi connectivity index (χ3n) is 6.47. The van der Waals surface area contributed by atoms with Crippen LogP contribution in [0.15, 0.2) is 78.9 Å². The number of para-hydroxylation sites is 1. The summed E-state index contributed by atoms with van der Waals surface area (Å²) in [4.78, 5) is 13.7. The molecule has 1 aliphatic heterocycles. The number of fused-ring (bicyclic) bond motifs is 1. The van der Waals surface area contributed by atoms with Crippen LogP contribution in [0.3, 0.4) is 0 Å². The minimum atomic E-state index is -0.575. The van der Waals surface area contributed by atoms with Gasteiger partial charge >= 0.3 is 0 Å². The molecule has 2 heterocycles. The highest BCUT2D eigenvalue weighted by Gasteiger charge is 2.52. The van der Waals surface area contributed by atoms with Crippen molar-refractivity contribution >= 4 is 11.7 Å². The zero-order chi connectivity index (χ0) is 22.4. The number of carbonyl (C=O) groups is 1. The molecular weight excluding hydrogens is 414 g/mol. The van der Waals surface area contributed by atoms with Crippen molar-refractivity contribution in [1.82, 2.24) is 9.78 Å². The lowest BCUT2D eigenvalue weighted by atomic mass is 9.94. The Labute approximate surface area is 191 Å². The van der Waals surface area contributed by atoms with Crippen molar-refractivity contribution in [2.45, 2.75) is 25.2 Å². The molecule has 1 N–H and O–H groups in total. The van der Waals surface area contributed by atoms with Gasteiger partial charge in [0.2, 0.25) is 12.7 Å². The molecule has 0 bridgehead atoms. The number of hydrogen-bond acceptors (Lipinski definition) is 4. The second kappa shape index (κ2) is 7.52. The molecule has 0 spiro atoms. The summed E-state index contributed by atoms with van der Waals surface area (Å²) in [5, 5.41) is 8.05. The van der Waals surface area contributed by atoms with E-state index in [0.29, 0.717) is 11.6 Å². The third-order valence-corrected chi connectivity index (χ3v) is 6.47. The Morgan fingerprint density at radius 3 is 2.36 bits per heavy atom. The topological polar surface area (TPSA) is 65.4 Å². The number of aryl methyl sites for hydroxylation is 1. The lowest BCUT2D eigenvalue weighted by Gasteiger charge is -2.18. The zero-order valence-electron chi connectivity index (χ0n) is 18.2. The van der Waals surface area contributed by atoms with Gasteiger partial charge in [0.05, 0.1) is 16.8 Å². The van der Waals surface area contributed by atoms with Crippen LogP contribution in [-0.2, 0) is 10.2 Å². The summed E-state index contributed by atoms with van der Waals surface area (Å²) in [7, 11) is 0. The first-order valence-corrected chi connectivity index (χ1v) is 11.1. The van der Waals surface area contributed by atoms with Crippen LogP contribution in [0.25, 0.3) is 16.8 Å². The second-order valence-corrected chi connectivity index (χ2v) is 8.53. The average molecular weight is 437 g/mol. The molecule has 2 aliphatic rings. The van der Waals surface area contributed by atoms with Gasteiger partial charge in [-0.2, -0.15) is 5.10 Å². The predicted molar refractivity (Wildman–Crippen MR) is 126 cm³/mol. The lowest BCUT2D eigenvalue weighted by molar-refractivity contribution is -0.118. The Hall–Kier alpha value is -4.06. The van der Waals surface area contributed by atoms with Crippen molar-refractivity contribution in [2.75, 3.05) is 12.1 Å². The molecule has 1 aliphatic carbocycles. The molecular formula is C27H23N3O3. The summed E-state index contributed by atoms with van der Waals surface area (Å²) in [6.07, 6.45) is 1.58. The van der Waals surface area contributed by atoms with Crippen molar-refractivity contribution in [3.63, 3.8) is 0 Å². The molecule has 1 amide bonds. The van der Waals surface area contributed by atoms with E-state index < -0.39 is 5.41 Å². The van der Waals surface area contributed by atoms with Crippen molar-refractivity contribution in [3.8, 4) is 28.3 Å². The van der Waals surface area contributed by atoms with E-state index >= 15 is 0 Å². The first-order valence-electron chi connectivity index (χ1n) is 11.1. The van der Waals surface area contributed by atoms with Gasteiger partial charge < -0.3 is 14.8 Å². The van der Waals surface area contributed by atoms with Gasteiger partial charge in [0.15, 0.2) is 11.5 Å². The molecule has 0 unspecified atom stereocenters. The molecule has 6 nitrogen and oxygen atoms in total. The number of nitrogens with one attached hydrogen (secondary N) is 1. The summed E-state index contributed by atoms with van der Waals surface area (Å²) in [6, 6.07) is 25.7. The second-order valence-electron chi connectivity index (χ2n) is 8.53. The normalized spacial score (nSPS) is 15.3. The van der Waals surface area contributed by atoms with E-state index in [1.165, 1.54) is 0 Å². The maximum atomic E-state index is 13.7. The van der Waals surface area contributed by atoms with E-state index in [4.69, 9.17) is 14.6 Å². The SMILES string of the molecule is Cc1nn(-c2ccccc2)c(NC(=O)C2(c3ccc4c(c3)OCO4)CC2)c1-c1ccccc1. The molecule has 1 fully saturated rings. The van der Waals surface area contributed by atoms with Gasteiger partial charge in [-0.3, -0.25) is 4.79 Å². The molecule has 0 radical (unpaired) electrons. The Morgan fingerprint density at radius 1 is 0.939 bits per heavy atom. The van der Waals surface area contributed by atoms with Gasteiger partial charge in [0, 0.05) is 5.56 Å². The van der Waals surface area contributed by atoms with E-state index in [1.54, 1.807) is 0 Å². The summed E-state index contributed by atoms with van der Waals surface area (Å²) in [5.74, 6) is 2.07. The number of carbonyl (C=O) groups excluding carboxylic acids is 1. The van der Waals surface area contributed by atoms with Crippen LogP contribution in [0.2, 0.25) is 0 Å². The van der Waals surface area contributed by atoms with Crippen LogP contribution in [0, 0.1) is 6.92 Å². The van der Waals surface area contributed by atoms with E-state index in [-0.39, 0.29) is 12.7 Å². The van der Waals surface area contributed by atoms with Crippen molar-refractivity contribution in [3.05, 3.63) is 90.1 Å². The van der Waals surface area contributed by atoms with Crippen LogP contribution in [-0.4, -0.2) is 22.5 Å². The smallest absolute Gasteiger partial charge is 0.236 e. The van der Waals surface area contributed by atoms with Gasteiger partial charge in [-0.1, -0.05) is 54.6 Å². The predicted octanol–water partition coefficient (Wildman–Crippen LogP) is 5.25. The Balaban J connectivity index is 1.42. The Kier molecular flexibility index (Phi) is 4.47. The summed E-state index contributed by atoms with van der Waals surface area (Å²) >= 11 is 0. The number of ether oxygens (including phenoxy) is 2. The molecule has 0 atom stereocenters. The third kappa shape index (κ3) is 3.26. The van der Waals surface area contributed by atoms with E-state index in [0.717, 1.165) is 46.7 Å². The fourth-order valence-corrected chi connectivity index (χ4v) is 4.54. The highest BCUT2D eigenvalue weighted by Crippen LogP contribution is 2.51. The fourth-order valence-electron chi connectivity index (χ4n) is 4.54. The maximum absolute atomic E-state index is 13.7. The summed E-state index contributed by atoms with van der Waals surface area (Å²) in [5.41, 5.74) is 4.07. The van der Waals surface area contributed by atoms with Crippen LogP contribution in [0.5, 0.6) is 11.5 Å². The Morgan fingerprint density at radius 2 is 1.64 bits per heavy atom. The largest absolute Gasteiger partial charge is 0.454 e. The summed E-state index contributed by atoms with van der Waals surface area (Å²) in [6.45, 7) is 2.19. The molecule has 0 saturated heterocycles. The number of benzene rings is 3. The molecule has 1 aromatic heterocycles.